The number of esters is 1. The molecule has 3 rings (SSSR count). The molecule has 0 aromatic heterocycles. The van der Waals surface area contributed by atoms with E-state index in [4.69, 9.17) is 18.9 Å². The summed E-state index contributed by atoms with van der Waals surface area (Å²) in [5.74, 6) is 1.06. The van der Waals surface area contributed by atoms with Crippen molar-refractivity contribution in [1.82, 2.24) is 16.0 Å². The molecular formula is C55H86N4O9. The van der Waals surface area contributed by atoms with Gasteiger partial charge in [-0.05, 0) is 133 Å². The molecule has 0 saturated carbocycles. The van der Waals surface area contributed by atoms with Gasteiger partial charge in [0, 0.05) is 36.2 Å². The molecule has 0 saturated heterocycles. The summed E-state index contributed by atoms with van der Waals surface area (Å²) in [5, 5.41) is 11.4. The fraction of sp³-hybridized carbons (Fsp3) is 0.582. The van der Waals surface area contributed by atoms with Crippen LogP contribution in [0.5, 0.6) is 0 Å². The van der Waals surface area contributed by atoms with Gasteiger partial charge in [0.15, 0.2) is 5.78 Å². The number of ketones is 1. The predicted octanol–water partition coefficient (Wildman–Crippen LogP) is 11.3. The van der Waals surface area contributed by atoms with Gasteiger partial charge in [0.05, 0.1) is 25.2 Å². The van der Waals surface area contributed by atoms with E-state index in [0.29, 0.717) is 38.0 Å². The zero-order valence-corrected chi connectivity index (χ0v) is 44.1. The Morgan fingerprint density at radius 2 is 0.971 bits per heavy atom. The van der Waals surface area contributed by atoms with Gasteiger partial charge in [-0.3, -0.25) is 14.4 Å². The zero-order chi connectivity index (χ0) is 51.5. The largest absolute Gasteiger partial charge is 0.461 e. The average Bonchev–Trinajstić information content (AvgIpc) is 3.22. The maximum absolute atomic E-state index is 11.8. The highest BCUT2D eigenvalue weighted by Crippen LogP contribution is 2.17. The van der Waals surface area contributed by atoms with Gasteiger partial charge in [0.2, 0.25) is 5.91 Å². The summed E-state index contributed by atoms with van der Waals surface area (Å²) in [6, 6.07) is 23.5. The smallest absolute Gasteiger partial charge is 0.408 e. The summed E-state index contributed by atoms with van der Waals surface area (Å²) >= 11 is 0. The van der Waals surface area contributed by atoms with Crippen LogP contribution in [-0.2, 0) is 66.0 Å². The number of nitrogens with one attached hydrogen (secondary N) is 4. The molecule has 0 spiro atoms. The Morgan fingerprint density at radius 1 is 0.529 bits per heavy atom. The van der Waals surface area contributed by atoms with E-state index in [0.717, 1.165) is 35.2 Å². The number of hydrogen-bond acceptors (Lipinski definition) is 10. The number of carbonyl (C=O) groups is 5. The first-order valence-corrected chi connectivity index (χ1v) is 24.2. The topological polar surface area (TPSA) is 170 Å². The van der Waals surface area contributed by atoms with Gasteiger partial charge >= 0.3 is 18.2 Å². The fourth-order valence-electron chi connectivity index (χ4n) is 6.21. The minimum Gasteiger partial charge on any atom is -0.461 e. The lowest BCUT2D eigenvalue weighted by Gasteiger charge is -2.22. The molecule has 68 heavy (non-hydrogen) atoms. The van der Waals surface area contributed by atoms with Crippen molar-refractivity contribution < 1.29 is 42.9 Å². The molecule has 380 valence electrons. The van der Waals surface area contributed by atoms with Crippen molar-refractivity contribution in [2.24, 2.45) is 17.8 Å². The van der Waals surface area contributed by atoms with Crippen molar-refractivity contribution in [1.29, 1.82) is 0 Å². The van der Waals surface area contributed by atoms with Crippen molar-refractivity contribution >= 4 is 35.5 Å². The van der Waals surface area contributed by atoms with Crippen LogP contribution in [0, 0.1) is 17.8 Å². The predicted molar refractivity (Wildman–Crippen MR) is 273 cm³/mol. The Hall–Kier alpha value is -5.43. The molecule has 0 radical (unpaired) electrons. The molecular weight excluding hydrogens is 861 g/mol. The van der Waals surface area contributed by atoms with Gasteiger partial charge in [-0.1, -0.05) is 102 Å². The Morgan fingerprint density at radius 3 is 1.40 bits per heavy atom. The standard InChI is InChI=1S/C19H30N2O3.C19H29NO3.C17H27NO3/c1-18(2,3)20-15-9-7-14(8-10-15)13-24-17(23)12-11-16(22)21-19(4,5)6;1-13(2)10-16-6-8-17(9-7-16)12-23-19(22)20-15(5)18(21)11-14(3)4;1-13(2)11-15-5-7-16(8-6-15)12-21-17(19)18-9-10-20-14(3)4/h7-10,20H,11-13H2,1-6H3,(H,21,22);6-9,13-15H,10-12H2,1-5H3,(H,20,22);5-8,13-14H,9-12H2,1-4H3,(H,18,19). The van der Waals surface area contributed by atoms with E-state index in [2.05, 4.69) is 94.0 Å². The molecule has 0 aliphatic heterocycles. The molecule has 1 atom stereocenters. The van der Waals surface area contributed by atoms with E-state index >= 15 is 0 Å². The van der Waals surface area contributed by atoms with Crippen molar-refractivity contribution in [3.63, 3.8) is 0 Å². The van der Waals surface area contributed by atoms with Crippen LogP contribution in [0.25, 0.3) is 0 Å². The van der Waals surface area contributed by atoms with Crippen LogP contribution in [0.4, 0.5) is 15.3 Å². The number of carbonyl (C=O) groups excluding carboxylic acids is 5. The number of anilines is 1. The summed E-state index contributed by atoms with van der Waals surface area (Å²) in [7, 11) is 0. The van der Waals surface area contributed by atoms with Crippen molar-refractivity contribution in [3.8, 4) is 0 Å². The first-order chi connectivity index (χ1) is 31.7. The fourth-order valence-corrected chi connectivity index (χ4v) is 6.21. The Balaban J connectivity index is 0.000000511. The summed E-state index contributed by atoms with van der Waals surface area (Å²) in [6.45, 7) is 32.0. The minimum atomic E-state index is -0.555. The molecule has 0 heterocycles. The van der Waals surface area contributed by atoms with Crippen LogP contribution in [0.1, 0.15) is 151 Å². The van der Waals surface area contributed by atoms with Gasteiger partial charge in [-0.15, -0.1) is 0 Å². The van der Waals surface area contributed by atoms with E-state index in [1.54, 1.807) is 6.92 Å². The van der Waals surface area contributed by atoms with E-state index < -0.39 is 18.2 Å². The number of hydrogen-bond donors (Lipinski definition) is 4. The normalized spacial score (nSPS) is 11.7. The molecule has 3 aromatic rings. The van der Waals surface area contributed by atoms with Gasteiger partial charge in [-0.25, -0.2) is 9.59 Å². The lowest BCUT2D eigenvalue weighted by molar-refractivity contribution is -0.146. The monoisotopic (exact) mass is 947 g/mol. The third-order valence-corrected chi connectivity index (χ3v) is 9.27. The first-order valence-electron chi connectivity index (χ1n) is 24.2. The van der Waals surface area contributed by atoms with Crippen LogP contribution < -0.4 is 21.3 Å². The summed E-state index contributed by atoms with van der Waals surface area (Å²) < 4.78 is 20.9. The number of alkyl carbamates (subject to hydrolysis) is 2. The summed E-state index contributed by atoms with van der Waals surface area (Å²) in [4.78, 5) is 58.4. The molecule has 3 amide bonds. The van der Waals surface area contributed by atoms with Crippen LogP contribution in [0.2, 0.25) is 0 Å². The lowest BCUT2D eigenvalue weighted by Crippen LogP contribution is -2.40. The second-order valence-electron chi connectivity index (χ2n) is 20.8. The molecule has 1 unspecified atom stereocenters. The summed E-state index contributed by atoms with van der Waals surface area (Å²) in [5.41, 5.74) is 6.18. The van der Waals surface area contributed by atoms with E-state index in [9.17, 15) is 24.0 Å². The maximum atomic E-state index is 11.8. The minimum absolute atomic E-state index is 0.00160. The Labute approximate surface area is 409 Å². The molecule has 13 nitrogen and oxygen atoms in total. The quantitative estimate of drug-likeness (QED) is 0.0432. The van der Waals surface area contributed by atoms with Crippen molar-refractivity contribution in [2.45, 2.75) is 179 Å². The van der Waals surface area contributed by atoms with Crippen molar-refractivity contribution in [3.05, 3.63) is 101 Å². The number of ether oxygens (including phenoxy) is 4. The summed E-state index contributed by atoms with van der Waals surface area (Å²) in [6.07, 6.45) is 2.00. The number of amides is 3. The van der Waals surface area contributed by atoms with Crippen LogP contribution in [0.15, 0.2) is 72.8 Å². The highest BCUT2D eigenvalue weighted by atomic mass is 16.6. The number of Topliss-reactive ketones (excluding diaryl/α,β-unsaturated/α-hetero) is 1. The molecule has 13 heteroatoms. The van der Waals surface area contributed by atoms with E-state index in [1.165, 1.54) is 11.1 Å². The molecule has 0 bridgehead atoms. The van der Waals surface area contributed by atoms with Crippen molar-refractivity contribution in [2.75, 3.05) is 18.5 Å². The third-order valence-electron chi connectivity index (χ3n) is 9.27. The molecule has 0 aliphatic rings. The second kappa shape index (κ2) is 31.6. The Kier molecular flexibility index (Phi) is 28.1. The molecule has 4 N–H and O–H groups in total. The van der Waals surface area contributed by atoms with Gasteiger partial charge in [-0.2, -0.15) is 0 Å². The van der Waals surface area contributed by atoms with E-state index in [1.807, 2.05) is 97.0 Å². The molecule has 3 aromatic carbocycles. The van der Waals surface area contributed by atoms with Crippen LogP contribution in [-0.4, -0.2) is 66.2 Å². The average molecular weight is 947 g/mol. The SMILES string of the molecule is CC(C)(C)NC(=O)CCC(=O)OCc1ccc(NC(C)(C)C)cc1.CC(C)CC(=O)C(C)NC(=O)OCc1ccc(CC(C)C)cc1.CC(C)Cc1ccc(COC(=O)NCCOC(C)C)cc1. The number of rotatable bonds is 22. The van der Waals surface area contributed by atoms with Crippen LogP contribution >= 0.6 is 0 Å². The van der Waals surface area contributed by atoms with Gasteiger partial charge in [0.1, 0.15) is 19.8 Å². The Bertz CT molecular complexity index is 1910. The highest BCUT2D eigenvalue weighted by Gasteiger charge is 2.18. The van der Waals surface area contributed by atoms with Crippen LogP contribution in [0.3, 0.4) is 0 Å². The van der Waals surface area contributed by atoms with Gasteiger partial charge < -0.3 is 40.2 Å². The first kappa shape index (κ1) is 60.6. The lowest BCUT2D eigenvalue weighted by atomic mass is 10.0. The molecule has 0 aliphatic carbocycles. The van der Waals surface area contributed by atoms with E-state index in [-0.39, 0.29) is 66.8 Å². The third kappa shape index (κ3) is 32.3. The second-order valence-corrected chi connectivity index (χ2v) is 20.8. The number of benzene rings is 3. The maximum Gasteiger partial charge on any atom is 0.408 e. The zero-order valence-electron chi connectivity index (χ0n) is 44.1. The highest BCUT2D eigenvalue weighted by molar-refractivity contribution is 5.87. The van der Waals surface area contributed by atoms with Gasteiger partial charge in [0.25, 0.3) is 0 Å². The molecule has 0 fully saturated rings.